The van der Waals surface area contributed by atoms with E-state index in [9.17, 15) is 31.5 Å². The van der Waals surface area contributed by atoms with Gasteiger partial charge in [0.25, 0.3) is 9.84 Å². The molecule has 1 aromatic rings. The van der Waals surface area contributed by atoms with E-state index in [-0.39, 0.29) is 30.6 Å². The van der Waals surface area contributed by atoms with Crippen LogP contribution in [0.2, 0.25) is 0 Å². The molecule has 1 N–H and O–H groups in total. The maximum atomic E-state index is 12.7. The summed E-state index contributed by atoms with van der Waals surface area (Å²) in [5, 5.41) is 9.83. The average molecular weight is 322 g/mol. The van der Waals surface area contributed by atoms with Crippen molar-refractivity contribution >= 4 is 15.6 Å². The first-order valence-electron chi connectivity index (χ1n) is 6.19. The van der Waals surface area contributed by atoms with Crippen LogP contribution in [0.1, 0.15) is 36.1 Å². The zero-order valence-electron chi connectivity index (χ0n) is 11.1. The van der Waals surface area contributed by atoms with Gasteiger partial charge in [-0.2, -0.15) is 13.2 Å². The van der Waals surface area contributed by atoms with Crippen molar-refractivity contribution in [3.8, 4) is 0 Å². The number of carbonyl (C=O) groups excluding carboxylic acids is 1. The summed E-state index contributed by atoms with van der Waals surface area (Å²) < 4.78 is 61.3. The van der Waals surface area contributed by atoms with Crippen LogP contribution in [0, 0.1) is 0 Å². The van der Waals surface area contributed by atoms with E-state index < -0.39 is 26.3 Å². The summed E-state index contributed by atoms with van der Waals surface area (Å²) in [4.78, 5) is 10.3. The summed E-state index contributed by atoms with van der Waals surface area (Å²) in [5.74, 6) is -0.190. The lowest BCUT2D eigenvalue weighted by Gasteiger charge is -2.16. The lowest BCUT2D eigenvalue weighted by Crippen LogP contribution is -2.25. The molecule has 116 valence electrons. The number of alkyl halides is 3. The van der Waals surface area contributed by atoms with Gasteiger partial charge < -0.3 is 5.11 Å². The molecule has 1 aliphatic rings. The number of ketones is 1. The van der Waals surface area contributed by atoms with Gasteiger partial charge in [-0.3, -0.25) is 4.79 Å². The van der Waals surface area contributed by atoms with Gasteiger partial charge >= 0.3 is 5.51 Å². The molecule has 0 radical (unpaired) electrons. The first-order valence-corrected chi connectivity index (χ1v) is 7.67. The molecule has 1 aliphatic carbocycles. The molecule has 0 fully saturated rings. The van der Waals surface area contributed by atoms with Crippen LogP contribution in [0.4, 0.5) is 13.2 Å². The lowest BCUT2D eigenvalue weighted by atomic mass is 9.99. The third-order valence-corrected chi connectivity index (χ3v) is 4.99. The Morgan fingerprint density at radius 2 is 2.00 bits per heavy atom. The summed E-state index contributed by atoms with van der Waals surface area (Å²) in [6, 6.07) is 2.05. The van der Waals surface area contributed by atoms with E-state index in [4.69, 9.17) is 0 Å². The van der Waals surface area contributed by atoms with Crippen LogP contribution >= 0.6 is 0 Å². The first-order chi connectivity index (χ1) is 9.55. The molecule has 0 heterocycles. The molecule has 0 saturated carbocycles. The predicted octanol–water partition coefficient (Wildman–Crippen LogP) is 2.09. The van der Waals surface area contributed by atoms with Crippen LogP contribution in [-0.2, 0) is 27.5 Å². The van der Waals surface area contributed by atoms with Crippen molar-refractivity contribution in [3.63, 3.8) is 0 Å². The number of aliphatic hydroxyl groups is 1. The minimum Gasteiger partial charge on any atom is -0.388 e. The number of carbonyl (C=O) groups is 1. The zero-order chi connectivity index (χ0) is 16.0. The highest BCUT2D eigenvalue weighted by atomic mass is 32.2. The van der Waals surface area contributed by atoms with E-state index >= 15 is 0 Å². The number of sulfone groups is 1. The Balaban J connectivity index is 2.67. The molecule has 0 unspecified atom stereocenters. The van der Waals surface area contributed by atoms with Crippen molar-refractivity contribution in [1.29, 1.82) is 0 Å². The molecule has 0 aliphatic heterocycles. The van der Waals surface area contributed by atoms with Gasteiger partial charge in [0.15, 0.2) is 0 Å². The number of hydrogen-bond acceptors (Lipinski definition) is 4. The zero-order valence-corrected chi connectivity index (χ0v) is 11.9. The van der Waals surface area contributed by atoms with Crippen LogP contribution in [0.15, 0.2) is 17.0 Å². The van der Waals surface area contributed by atoms with Gasteiger partial charge in [0.2, 0.25) is 0 Å². The second-order valence-electron chi connectivity index (χ2n) is 5.00. The van der Waals surface area contributed by atoms with E-state index in [1.165, 1.54) is 13.0 Å². The number of halogens is 3. The molecule has 2 rings (SSSR count). The van der Waals surface area contributed by atoms with Gasteiger partial charge in [-0.05, 0) is 37.0 Å². The fourth-order valence-electron chi connectivity index (χ4n) is 2.57. The van der Waals surface area contributed by atoms with Gasteiger partial charge in [0.05, 0.1) is 11.0 Å². The molecule has 0 amide bonds. The highest BCUT2D eigenvalue weighted by Gasteiger charge is 2.49. The normalized spacial score (nSPS) is 18.6. The second-order valence-corrected chi connectivity index (χ2v) is 6.91. The Morgan fingerprint density at radius 3 is 2.52 bits per heavy atom. The topological polar surface area (TPSA) is 71.4 Å². The predicted molar refractivity (Wildman–Crippen MR) is 67.3 cm³/mol. The molecular weight excluding hydrogens is 309 g/mol. The number of benzene rings is 1. The highest BCUT2D eigenvalue weighted by molar-refractivity contribution is 7.92. The molecule has 1 aromatic carbocycles. The number of rotatable bonds is 3. The molecule has 0 saturated heterocycles. The maximum Gasteiger partial charge on any atom is 0.501 e. The molecule has 21 heavy (non-hydrogen) atoms. The lowest BCUT2D eigenvalue weighted by molar-refractivity contribution is -0.116. The van der Waals surface area contributed by atoms with Crippen molar-refractivity contribution < 1.29 is 31.5 Å². The standard InChI is InChI=1S/C13H13F3O4S/c1-7(17)6-8-2-5-11(21(19,20)13(14,15)16)12-9(8)3-4-10(12)18/h2,5,10,18H,3-4,6H2,1H3/t10-/m1/s1. The summed E-state index contributed by atoms with van der Waals surface area (Å²) >= 11 is 0. The molecule has 8 heteroatoms. The smallest absolute Gasteiger partial charge is 0.388 e. The second kappa shape index (κ2) is 5.10. The Morgan fingerprint density at radius 1 is 1.38 bits per heavy atom. The largest absolute Gasteiger partial charge is 0.501 e. The Bertz CT molecular complexity index is 692. The van der Waals surface area contributed by atoms with E-state index in [2.05, 4.69) is 0 Å². The summed E-state index contributed by atoms with van der Waals surface area (Å²) in [5.41, 5.74) is -4.84. The molecule has 0 bridgehead atoms. The van der Waals surface area contributed by atoms with E-state index in [0.717, 1.165) is 6.07 Å². The Kier molecular flexibility index (Phi) is 3.88. The van der Waals surface area contributed by atoms with Crippen molar-refractivity contribution in [3.05, 3.63) is 28.8 Å². The summed E-state index contributed by atoms with van der Waals surface area (Å²) in [6.07, 6.45) is -0.870. The number of aliphatic hydroxyl groups excluding tert-OH is 1. The van der Waals surface area contributed by atoms with Crippen molar-refractivity contribution in [2.24, 2.45) is 0 Å². The third kappa shape index (κ3) is 2.69. The minimum absolute atomic E-state index is 0.00139. The molecule has 4 nitrogen and oxygen atoms in total. The molecular formula is C13H13F3O4S. The highest BCUT2D eigenvalue weighted by Crippen LogP contribution is 2.42. The van der Waals surface area contributed by atoms with Gasteiger partial charge in [-0.15, -0.1) is 0 Å². The van der Waals surface area contributed by atoms with E-state index in [0.29, 0.717) is 11.1 Å². The monoisotopic (exact) mass is 322 g/mol. The summed E-state index contributed by atoms with van der Waals surface area (Å²) in [7, 11) is -5.52. The number of hydrogen-bond donors (Lipinski definition) is 1. The number of Topliss-reactive ketones (excluding diaryl/α,β-unsaturated/α-hetero) is 1. The van der Waals surface area contributed by atoms with E-state index in [1.807, 2.05) is 0 Å². The maximum absolute atomic E-state index is 12.7. The van der Waals surface area contributed by atoms with Gasteiger partial charge in [-0.1, -0.05) is 6.07 Å². The van der Waals surface area contributed by atoms with Crippen LogP contribution in [-0.4, -0.2) is 24.8 Å². The minimum atomic E-state index is -5.52. The van der Waals surface area contributed by atoms with Crippen LogP contribution in [0.3, 0.4) is 0 Å². The van der Waals surface area contributed by atoms with Crippen LogP contribution in [0.5, 0.6) is 0 Å². The quantitative estimate of drug-likeness (QED) is 0.925. The first kappa shape index (κ1) is 16.0. The van der Waals surface area contributed by atoms with Crippen molar-refractivity contribution in [2.75, 3.05) is 0 Å². The molecule has 0 aromatic heterocycles. The molecule has 0 spiro atoms. The van der Waals surface area contributed by atoms with Crippen LogP contribution in [0.25, 0.3) is 0 Å². The van der Waals surface area contributed by atoms with Crippen molar-refractivity contribution in [2.45, 2.75) is 42.7 Å². The fraction of sp³-hybridized carbons (Fsp3) is 0.462. The Hall–Kier alpha value is -1.41. The van der Waals surface area contributed by atoms with Gasteiger partial charge in [-0.25, -0.2) is 8.42 Å². The third-order valence-electron chi connectivity index (χ3n) is 3.45. The SMILES string of the molecule is CC(=O)Cc1ccc(S(=O)(=O)C(F)(F)F)c2c1CC[C@H]2O. The van der Waals surface area contributed by atoms with Crippen molar-refractivity contribution in [1.82, 2.24) is 0 Å². The van der Waals surface area contributed by atoms with Gasteiger partial charge in [0.1, 0.15) is 5.78 Å². The van der Waals surface area contributed by atoms with E-state index in [1.54, 1.807) is 0 Å². The number of fused-ring (bicyclic) bond motifs is 1. The summed E-state index contributed by atoms with van der Waals surface area (Å²) in [6.45, 7) is 1.33. The van der Waals surface area contributed by atoms with Gasteiger partial charge in [0, 0.05) is 12.0 Å². The fourth-order valence-corrected chi connectivity index (χ4v) is 3.61. The molecule has 1 atom stereocenters. The average Bonchev–Trinajstić information content (AvgIpc) is 2.70. The Labute approximate surface area is 119 Å². The van der Waals surface area contributed by atoms with Crippen LogP contribution < -0.4 is 0 Å².